The van der Waals surface area contributed by atoms with Gasteiger partial charge in [0, 0.05) is 10.4 Å². The zero-order valence-corrected chi connectivity index (χ0v) is 15.7. The maximum absolute atomic E-state index is 11.1. The minimum Gasteiger partial charge on any atom is -0.478 e. The molecule has 0 unspecified atom stereocenters. The summed E-state index contributed by atoms with van der Waals surface area (Å²) in [4.78, 5) is 20.5. The van der Waals surface area contributed by atoms with Gasteiger partial charge in [-0.3, -0.25) is 4.79 Å². The van der Waals surface area contributed by atoms with Gasteiger partial charge in [0.1, 0.15) is 5.69 Å². The Kier molecular flexibility index (Phi) is 5.02. The van der Waals surface area contributed by atoms with Crippen molar-refractivity contribution in [1.29, 1.82) is 0 Å². The number of carbonyl (C=O) groups is 1. The van der Waals surface area contributed by atoms with E-state index in [2.05, 4.69) is 20.8 Å². The van der Waals surface area contributed by atoms with Crippen molar-refractivity contribution in [2.45, 2.75) is 0 Å². The molecule has 0 radical (unpaired) electrons. The van der Waals surface area contributed by atoms with Crippen LogP contribution in [0.25, 0.3) is 5.70 Å². The predicted molar refractivity (Wildman–Crippen MR) is 106 cm³/mol. The zero-order chi connectivity index (χ0) is 19.5. The monoisotopic (exact) mass is 413 g/mol. The Morgan fingerprint density at radius 3 is 2.71 bits per heavy atom. The van der Waals surface area contributed by atoms with Gasteiger partial charge in [-0.1, -0.05) is 17.2 Å². The molecule has 8 nitrogen and oxygen atoms in total. The number of carbonyl (C=O) groups excluding carboxylic acids is 1. The number of allylic oxidation sites excluding steroid dienone is 5. The van der Waals surface area contributed by atoms with E-state index < -0.39 is 0 Å². The smallest absolute Gasteiger partial charge is 0.327 e. The largest absolute Gasteiger partial charge is 0.478 e. The molecule has 0 bridgehead atoms. The van der Waals surface area contributed by atoms with Crippen LogP contribution in [0.15, 0.2) is 81.9 Å². The molecule has 4 rings (SSSR count). The maximum Gasteiger partial charge on any atom is 0.327 e. The minimum absolute atomic E-state index is 0.0654. The van der Waals surface area contributed by atoms with Crippen molar-refractivity contribution in [2.75, 3.05) is 5.01 Å². The lowest BCUT2D eigenvalue weighted by molar-refractivity contribution is -0.110. The number of thiazole rings is 1. The average molecular weight is 414 g/mol. The summed E-state index contributed by atoms with van der Waals surface area (Å²) < 4.78 is 0. The van der Waals surface area contributed by atoms with E-state index in [0.29, 0.717) is 27.2 Å². The molecule has 28 heavy (non-hydrogen) atoms. The number of azo groups is 1. The molecule has 0 amide bonds. The number of nitrogens with one attached hydrogen (secondary N) is 1. The molecule has 1 aromatic carbocycles. The Morgan fingerprint density at radius 2 is 1.96 bits per heavy atom. The highest BCUT2D eigenvalue weighted by Crippen LogP contribution is 2.33. The van der Waals surface area contributed by atoms with E-state index in [1.165, 1.54) is 34.7 Å². The van der Waals surface area contributed by atoms with Crippen LogP contribution < -0.4 is 10.6 Å². The number of aromatic nitrogens is 1. The van der Waals surface area contributed by atoms with Crippen LogP contribution in [-0.4, -0.2) is 15.9 Å². The Labute approximate surface area is 168 Å². The first-order valence-electron chi connectivity index (χ1n) is 7.98. The molecule has 140 valence electrons. The average Bonchev–Trinajstić information content (AvgIpc) is 3.30. The van der Waals surface area contributed by atoms with Crippen molar-refractivity contribution in [1.82, 2.24) is 10.6 Å². The molecule has 0 atom stereocenters. The summed E-state index contributed by atoms with van der Waals surface area (Å²) in [6.45, 7) is 0. The molecule has 2 heterocycles. The first-order valence-corrected chi connectivity index (χ1v) is 9.24. The lowest BCUT2D eigenvalue weighted by Crippen LogP contribution is -2.30. The lowest BCUT2D eigenvalue weighted by atomic mass is 10.1. The van der Waals surface area contributed by atoms with E-state index in [4.69, 9.17) is 16.4 Å². The highest BCUT2D eigenvalue weighted by molar-refractivity contribution is 7.13. The van der Waals surface area contributed by atoms with E-state index in [1.807, 2.05) is 0 Å². The second kappa shape index (κ2) is 7.77. The first kappa shape index (κ1) is 18.1. The van der Waals surface area contributed by atoms with Gasteiger partial charge in [0.25, 0.3) is 0 Å². The van der Waals surface area contributed by atoms with Crippen molar-refractivity contribution >= 4 is 45.2 Å². The molecule has 1 aromatic heterocycles. The topological polar surface area (TPSA) is 99.4 Å². The number of hydrogen-bond acceptors (Lipinski definition) is 9. The molecule has 0 saturated heterocycles. The quantitative estimate of drug-likeness (QED) is 0.710. The highest BCUT2D eigenvalue weighted by Gasteiger charge is 2.29. The minimum atomic E-state index is -0.312. The van der Waals surface area contributed by atoms with Gasteiger partial charge in [-0.15, -0.1) is 16.5 Å². The van der Waals surface area contributed by atoms with Gasteiger partial charge in [0.05, 0.1) is 11.9 Å². The molecule has 1 aliphatic heterocycles. The van der Waals surface area contributed by atoms with E-state index in [-0.39, 0.29) is 11.7 Å². The number of ketones is 1. The Hall–Kier alpha value is -3.27. The van der Waals surface area contributed by atoms with E-state index in [9.17, 15) is 9.90 Å². The number of halogens is 1. The second-order valence-corrected chi connectivity index (χ2v) is 6.86. The van der Waals surface area contributed by atoms with Crippen molar-refractivity contribution in [2.24, 2.45) is 10.2 Å². The van der Waals surface area contributed by atoms with Crippen LogP contribution >= 0.6 is 22.9 Å². The summed E-state index contributed by atoms with van der Waals surface area (Å²) in [7, 11) is 0. The highest BCUT2D eigenvalue weighted by atomic mass is 35.5. The van der Waals surface area contributed by atoms with Crippen LogP contribution in [-0.2, 0) is 9.63 Å². The van der Waals surface area contributed by atoms with Crippen molar-refractivity contribution in [3.63, 3.8) is 0 Å². The third-order valence-corrected chi connectivity index (χ3v) is 4.69. The fraction of sp³-hybridized carbons (Fsp3) is 0. The van der Waals surface area contributed by atoms with Crippen LogP contribution in [0.4, 0.5) is 10.8 Å². The SMILES string of the molecule is O=C1C=CC(=CN=Nc2nc(C3=C(O)ONN3c3ccc(Cl)cc3)cs2)C=C1. The number of benzene rings is 1. The van der Waals surface area contributed by atoms with Crippen LogP contribution in [0.5, 0.6) is 0 Å². The number of aliphatic hydroxyl groups is 1. The lowest BCUT2D eigenvalue weighted by Gasteiger charge is -2.17. The number of hydrazine groups is 1. The summed E-state index contributed by atoms with van der Waals surface area (Å²) in [6, 6.07) is 6.99. The summed E-state index contributed by atoms with van der Waals surface area (Å²) in [5.41, 5.74) is 4.88. The molecule has 2 aliphatic rings. The van der Waals surface area contributed by atoms with Crippen molar-refractivity contribution < 1.29 is 14.7 Å². The molecule has 1 aliphatic carbocycles. The van der Waals surface area contributed by atoms with Crippen LogP contribution in [0.3, 0.4) is 0 Å². The zero-order valence-electron chi connectivity index (χ0n) is 14.1. The molecule has 0 fully saturated rings. The number of rotatable bonds is 4. The third kappa shape index (κ3) is 3.86. The first-order chi connectivity index (χ1) is 13.6. The van der Waals surface area contributed by atoms with Crippen LogP contribution in [0.2, 0.25) is 5.02 Å². The van der Waals surface area contributed by atoms with E-state index in [0.717, 1.165) is 5.57 Å². The van der Waals surface area contributed by atoms with Gasteiger partial charge < -0.3 is 9.94 Å². The molecule has 10 heteroatoms. The fourth-order valence-electron chi connectivity index (χ4n) is 2.39. The summed E-state index contributed by atoms with van der Waals surface area (Å²) in [5.74, 6) is -0.377. The molecular formula is C18H12ClN5O3S. The third-order valence-electron chi connectivity index (χ3n) is 3.71. The molecule has 2 N–H and O–H groups in total. The van der Waals surface area contributed by atoms with Gasteiger partial charge in [-0.2, -0.15) is 5.11 Å². The van der Waals surface area contributed by atoms with Crippen LogP contribution in [0.1, 0.15) is 5.69 Å². The standard InChI is InChI=1S/C18H12ClN5O3S/c19-12-3-5-13(6-4-12)24-16(17(26)27-23-24)15-10-28-18(21-15)22-20-9-11-1-7-14(25)8-2-11/h1-10,23,26H. The Bertz CT molecular complexity index is 1050. The summed E-state index contributed by atoms with van der Waals surface area (Å²) in [6.07, 6.45) is 7.75. The molecule has 2 aromatic rings. The second-order valence-electron chi connectivity index (χ2n) is 5.59. The fourth-order valence-corrected chi connectivity index (χ4v) is 3.15. The number of anilines is 1. The predicted octanol–water partition coefficient (Wildman–Crippen LogP) is 4.60. The van der Waals surface area contributed by atoms with Gasteiger partial charge >= 0.3 is 5.95 Å². The molecule has 0 spiro atoms. The number of hydrogen-bond donors (Lipinski definition) is 2. The van der Waals surface area contributed by atoms with Crippen LogP contribution in [0, 0.1) is 0 Å². The summed E-state index contributed by atoms with van der Waals surface area (Å²) in [5, 5.41) is 22.4. The van der Waals surface area contributed by atoms with Gasteiger partial charge in [-0.25, -0.2) is 9.99 Å². The van der Waals surface area contributed by atoms with Gasteiger partial charge in [-0.05, 0) is 54.1 Å². The molecule has 0 saturated carbocycles. The maximum atomic E-state index is 11.1. The Morgan fingerprint density at radius 1 is 1.21 bits per heavy atom. The Balaban J connectivity index is 1.53. The van der Waals surface area contributed by atoms with Gasteiger partial charge in [0.2, 0.25) is 5.13 Å². The van der Waals surface area contributed by atoms with Crippen molar-refractivity contribution in [3.05, 3.63) is 82.4 Å². The summed E-state index contributed by atoms with van der Waals surface area (Å²) >= 11 is 7.18. The van der Waals surface area contributed by atoms with E-state index in [1.54, 1.807) is 41.8 Å². The number of nitrogens with zero attached hydrogens (tertiary/aromatic N) is 4. The molecular weight excluding hydrogens is 402 g/mol. The van der Waals surface area contributed by atoms with E-state index >= 15 is 0 Å². The number of aliphatic hydroxyl groups excluding tert-OH is 1. The van der Waals surface area contributed by atoms with Crippen molar-refractivity contribution in [3.8, 4) is 0 Å². The van der Waals surface area contributed by atoms with Gasteiger partial charge in [0.15, 0.2) is 11.5 Å². The normalized spacial score (nSPS) is 16.4.